The number of nitrogens with one attached hydrogen (secondary N) is 1. The largest absolute Gasteiger partial charge is 0.304 e. The number of hydrogen-bond acceptors (Lipinski definition) is 4. The minimum absolute atomic E-state index is 0.0520. The molecule has 0 aromatic heterocycles. The minimum Gasteiger partial charge on any atom is -0.272 e. The highest BCUT2D eigenvalue weighted by Gasteiger charge is 2.44. The van der Waals surface area contributed by atoms with Gasteiger partial charge in [0, 0.05) is 0 Å². The van der Waals surface area contributed by atoms with E-state index < -0.39 is 22.2 Å². The van der Waals surface area contributed by atoms with Gasteiger partial charge in [0.05, 0.1) is 18.2 Å². The fourth-order valence-electron chi connectivity index (χ4n) is 2.88. The monoisotopic (exact) mass is 343 g/mol. The Kier molecular flexibility index (Phi) is 4.03. The van der Waals surface area contributed by atoms with Crippen LogP contribution in [0.1, 0.15) is 25.0 Å². The van der Waals surface area contributed by atoms with Gasteiger partial charge in [0.2, 0.25) is 0 Å². The Labute approximate surface area is 140 Å². The van der Waals surface area contributed by atoms with E-state index in [0.717, 1.165) is 15.1 Å². The normalized spacial score (nSPS) is 19.8. The lowest BCUT2D eigenvalue weighted by Gasteiger charge is -2.16. The third-order valence-electron chi connectivity index (χ3n) is 4.19. The van der Waals surface area contributed by atoms with Crippen LogP contribution in [0.15, 0.2) is 36.4 Å². The lowest BCUT2D eigenvalue weighted by atomic mass is 9.99. The van der Waals surface area contributed by atoms with Gasteiger partial charge in [-0.1, -0.05) is 44.2 Å². The molecule has 3 rings (SSSR count). The Bertz CT molecular complexity index is 961. The van der Waals surface area contributed by atoms with Crippen LogP contribution in [-0.2, 0) is 21.5 Å². The van der Waals surface area contributed by atoms with Crippen LogP contribution >= 0.6 is 0 Å². The lowest BCUT2D eigenvalue weighted by molar-refractivity contribution is -0.127. The summed E-state index contributed by atoms with van der Waals surface area (Å²) in [6.07, 6.45) is 0. The third-order valence-corrected chi connectivity index (χ3v) is 5.63. The molecule has 24 heavy (non-hydrogen) atoms. The van der Waals surface area contributed by atoms with Crippen molar-refractivity contribution < 1.29 is 13.2 Å². The summed E-state index contributed by atoms with van der Waals surface area (Å²) in [6.45, 7) is 3.54. The zero-order chi connectivity index (χ0) is 17.5. The van der Waals surface area contributed by atoms with Crippen molar-refractivity contribution in [3.63, 3.8) is 0 Å². The number of benzene rings is 2. The first-order valence-electron chi connectivity index (χ1n) is 7.59. The van der Waals surface area contributed by atoms with Crippen LogP contribution in [0.2, 0.25) is 0 Å². The van der Waals surface area contributed by atoms with E-state index in [0.29, 0.717) is 11.1 Å². The third kappa shape index (κ3) is 2.64. The zero-order valence-electron chi connectivity index (χ0n) is 13.4. The first-order chi connectivity index (χ1) is 11.3. The Morgan fingerprint density at radius 3 is 2.46 bits per heavy atom. The first kappa shape index (κ1) is 16.4. The molecule has 2 aromatic carbocycles. The summed E-state index contributed by atoms with van der Waals surface area (Å²) in [6, 6.07) is 12.0. The van der Waals surface area contributed by atoms with Gasteiger partial charge in [-0.25, -0.2) is 4.31 Å². The molecule has 6 nitrogen and oxygen atoms in total. The maximum atomic E-state index is 12.5. The summed E-state index contributed by atoms with van der Waals surface area (Å²) < 4.78 is 27.9. The molecule has 0 saturated carbocycles. The van der Waals surface area contributed by atoms with Crippen LogP contribution in [-0.4, -0.2) is 24.7 Å². The van der Waals surface area contributed by atoms with Crippen molar-refractivity contribution in [3.05, 3.63) is 47.5 Å². The Hall–Kier alpha value is -2.43. The van der Waals surface area contributed by atoms with Crippen molar-refractivity contribution in [2.45, 2.75) is 26.4 Å². The molecule has 1 saturated heterocycles. The van der Waals surface area contributed by atoms with Gasteiger partial charge >= 0.3 is 10.2 Å². The second kappa shape index (κ2) is 5.89. The molecule has 1 heterocycles. The van der Waals surface area contributed by atoms with Crippen molar-refractivity contribution >= 4 is 26.9 Å². The van der Waals surface area contributed by atoms with Crippen LogP contribution in [0.4, 0.5) is 0 Å². The van der Waals surface area contributed by atoms with E-state index >= 15 is 0 Å². The average Bonchev–Trinajstić information content (AvgIpc) is 2.78. The maximum Gasteiger partial charge on any atom is 0.304 e. The number of amides is 1. The van der Waals surface area contributed by atoms with Crippen molar-refractivity contribution in [1.82, 2.24) is 9.03 Å². The summed E-state index contributed by atoms with van der Waals surface area (Å²) in [4.78, 5) is 12.5. The molecular weight excluding hydrogens is 326 g/mol. The SMILES string of the molecule is CC(C)[C@H]1NS(=O)(=O)N(Cc2ccc(C#N)c3ccccc23)C1=O. The predicted octanol–water partition coefficient (Wildman–Crippen LogP) is 1.91. The molecule has 2 aromatic rings. The molecule has 124 valence electrons. The van der Waals surface area contributed by atoms with E-state index in [9.17, 15) is 18.5 Å². The highest BCUT2D eigenvalue weighted by atomic mass is 32.2. The van der Waals surface area contributed by atoms with Gasteiger partial charge in [0.1, 0.15) is 6.04 Å². The molecule has 0 radical (unpaired) electrons. The smallest absolute Gasteiger partial charge is 0.272 e. The summed E-state index contributed by atoms with van der Waals surface area (Å²) in [5.74, 6) is -0.576. The Balaban J connectivity index is 2.05. The summed E-state index contributed by atoms with van der Waals surface area (Å²) in [7, 11) is -3.84. The second-order valence-corrected chi connectivity index (χ2v) is 7.75. The number of carbonyl (C=O) groups excluding carboxylic acids is 1. The average molecular weight is 343 g/mol. The van der Waals surface area contributed by atoms with Crippen molar-refractivity contribution in [2.24, 2.45) is 5.92 Å². The van der Waals surface area contributed by atoms with Crippen LogP contribution < -0.4 is 4.72 Å². The van der Waals surface area contributed by atoms with Gasteiger partial charge in [-0.15, -0.1) is 0 Å². The van der Waals surface area contributed by atoms with E-state index in [1.54, 1.807) is 26.0 Å². The van der Waals surface area contributed by atoms with Crippen LogP contribution in [0.5, 0.6) is 0 Å². The first-order valence-corrected chi connectivity index (χ1v) is 9.03. The van der Waals surface area contributed by atoms with Gasteiger partial charge < -0.3 is 0 Å². The molecule has 1 fully saturated rings. The number of carbonyl (C=O) groups is 1. The van der Waals surface area contributed by atoms with Crippen LogP contribution in [0.3, 0.4) is 0 Å². The number of hydrogen-bond donors (Lipinski definition) is 1. The highest BCUT2D eigenvalue weighted by Crippen LogP contribution is 2.26. The molecule has 0 bridgehead atoms. The molecule has 1 N–H and O–H groups in total. The maximum absolute atomic E-state index is 12.5. The molecule has 1 aliphatic heterocycles. The summed E-state index contributed by atoms with van der Waals surface area (Å²) in [5.41, 5.74) is 1.20. The molecule has 1 amide bonds. The summed E-state index contributed by atoms with van der Waals surface area (Å²) >= 11 is 0. The summed E-state index contributed by atoms with van der Waals surface area (Å²) in [5, 5.41) is 10.7. The fraction of sp³-hybridized carbons (Fsp3) is 0.294. The number of nitriles is 1. The second-order valence-electron chi connectivity index (χ2n) is 6.12. The van der Waals surface area contributed by atoms with Gasteiger partial charge in [-0.05, 0) is 28.3 Å². The minimum atomic E-state index is -3.84. The molecule has 1 atom stereocenters. The van der Waals surface area contributed by atoms with Gasteiger partial charge in [-0.3, -0.25) is 4.79 Å². The number of nitrogens with zero attached hydrogens (tertiary/aromatic N) is 2. The van der Waals surface area contributed by atoms with E-state index in [1.165, 1.54) is 0 Å². The molecule has 7 heteroatoms. The van der Waals surface area contributed by atoms with Crippen molar-refractivity contribution in [1.29, 1.82) is 5.26 Å². The lowest BCUT2D eigenvalue weighted by Crippen LogP contribution is -2.34. The fourth-order valence-corrected chi connectivity index (χ4v) is 4.36. The molecule has 0 spiro atoms. The van der Waals surface area contributed by atoms with E-state index in [1.807, 2.05) is 24.3 Å². The number of fused-ring (bicyclic) bond motifs is 1. The standard InChI is InChI=1S/C17H17N3O3S/c1-11(2)16-17(21)20(24(22,23)19-16)10-13-8-7-12(9-18)14-5-3-4-6-15(13)14/h3-8,11,16,19H,10H2,1-2H3/t16-/m1/s1. The van der Waals surface area contributed by atoms with Crippen LogP contribution in [0, 0.1) is 17.2 Å². The topological polar surface area (TPSA) is 90.3 Å². The van der Waals surface area contributed by atoms with Crippen molar-refractivity contribution in [2.75, 3.05) is 0 Å². The van der Waals surface area contributed by atoms with Gasteiger partial charge in [-0.2, -0.15) is 18.4 Å². The van der Waals surface area contributed by atoms with Gasteiger partial charge in [0.15, 0.2) is 0 Å². The highest BCUT2D eigenvalue weighted by molar-refractivity contribution is 7.88. The Morgan fingerprint density at radius 1 is 1.21 bits per heavy atom. The zero-order valence-corrected chi connectivity index (χ0v) is 14.2. The molecular formula is C17H17N3O3S. The van der Waals surface area contributed by atoms with Crippen LogP contribution in [0.25, 0.3) is 10.8 Å². The molecule has 0 unspecified atom stereocenters. The van der Waals surface area contributed by atoms with Gasteiger partial charge in [0.25, 0.3) is 5.91 Å². The predicted molar refractivity (Wildman–Crippen MR) is 89.9 cm³/mol. The van der Waals surface area contributed by atoms with E-state index in [4.69, 9.17) is 0 Å². The van der Waals surface area contributed by atoms with E-state index in [-0.39, 0.29) is 12.5 Å². The quantitative estimate of drug-likeness (QED) is 0.922. The number of rotatable bonds is 3. The Morgan fingerprint density at radius 2 is 1.88 bits per heavy atom. The molecule has 0 aliphatic carbocycles. The molecule has 1 aliphatic rings. The van der Waals surface area contributed by atoms with Crippen molar-refractivity contribution in [3.8, 4) is 6.07 Å². The van der Waals surface area contributed by atoms with E-state index in [2.05, 4.69) is 10.8 Å².